The Hall–Kier alpha value is -2.27. The van der Waals surface area contributed by atoms with Crippen LogP contribution in [0.15, 0.2) is 42.7 Å². The number of amides is 1. The molecule has 1 fully saturated rings. The van der Waals surface area contributed by atoms with Gasteiger partial charge in [-0.15, -0.1) is 0 Å². The third kappa shape index (κ3) is 4.03. The number of carbonyl (C=O) groups is 1. The van der Waals surface area contributed by atoms with Gasteiger partial charge in [0.2, 0.25) is 5.91 Å². The zero-order chi connectivity index (χ0) is 18.6. The van der Waals surface area contributed by atoms with E-state index >= 15 is 0 Å². The molecule has 0 radical (unpaired) electrons. The van der Waals surface area contributed by atoms with Gasteiger partial charge >= 0.3 is 0 Å². The van der Waals surface area contributed by atoms with Crippen molar-refractivity contribution in [3.05, 3.63) is 53.9 Å². The summed E-state index contributed by atoms with van der Waals surface area (Å²) >= 11 is 1.62. The van der Waals surface area contributed by atoms with E-state index in [1.165, 1.54) is 12.0 Å². The summed E-state index contributed by atoms with van der Waals surface area (Å²) < 4.78 is 1.15. The normalized spacial score (nSPS) is 15.1. The fourth-order valence-electron chi connectivity index (χ4n) is 3.78. The number of carbonyl (C=O) groups excluding carboxylic acids is 1. The summed E-state index contributed by atoms with van der Waals surface area (Å²) in [6.07, 6.45) is 10.1. The summed E-state index contributed by atoms with van der Waals surface area (Å²) in [7, 11) is 0. The van der Waals surface area contributed by atoms with Crippen LogP contribution in [-0.2, 0) is 17.8 Å². The standard InChI is InChI=1S/C22H25N3OS/c1-2-16-10-11-19-20(13-16)27-22(24-19)25(15-17-7-6-12-23-14-17)21(26)18-8-4-3-5-9-18/h6-7,10-14,18H,2-5,8-9,15H2,1H3. The van der Waals surface area contributed by atoms with Crippen LogP contribution in [0, 0.1) is 5.92 Å². The van der Waals surface area contributed by atoms with Gasteiger partial charge in [-0.05, 0) is 48.6 Å². The Morgan fingerprint density at radius 2 is 2.04 bits per heavy atom. The lowest BCUT2D eigenvalue weighted by Crippen LogP contribution is -2.36. The Bertz CT molecular complexity index is 916. The SMILES string of the molecule is CCc1ccc2nc(N(Cc3cccnc3)C(=O)C3CCCCC3)sc2c1. The van der Waals surface area contributed by atoms with E-state index in [-0.39, 0.29) is 11.8 Å². The average molecular weight is 380 g/mol. The van der Waals surface area contributed by atoms with Crippen LogP contribution in [0.3, 0.4) is 0 Å². The van der Waals surface area contributed by atoms with Gasteiger partial charge in [-0.2, -0.15) is 0 Å². The fraction of sp³-hybridized carbons (Fsp3) is 0.409. The number of thiazole rings is 1. The molecule has 1 aromatic carbocycles. The lowest BCUT2D eigenvalue weighted by atomic mass is 9.88. The van der Waals surface area contributed by atoms with Crippen molar-refractivity contribution in [2.45, 2.75) is 52.0 Å². The van der Waals surface area contributed by atoms with Crippen molar-refractivity contribution < 1.29 is 4.79 Å². The van der Waals surface area contributed by atoms with E-state index in [2.05, 4.69) is 30.1 Å². The van der Waals surface area contributed by atoms with Crippen LogP contribution in [0.1, 0.15) is 50.2 Å². The molecule has 1 aliphatic carbocycles. The molecule has 2 heterocycles. The predicted octanol–water partition coefficient (Wildman–Crippen LogP) is 5.37. The predicted molar refractivity (Wildman–Crippen MR) is 111 cm³/mol. The van der Waals surface area contributed by atoms with Crippen LogP contribution in [-0.4, -0.2) is 15.9 Å². The first kappa shape index (κ1) is 18.1. The van der Waals surface area contributed by atoms with Crippen molar-refractivity contribution in [1.82, 2.24) is 9.97 Å². The maximum atomic E-state index is 13.4. The van der Waals surface area contributed by atoms with Crippen molar-refractivity contribution >= 4 is 32.6 Å². The molecule has 140 valence electrons. The maximum absolute atomic E-state index is 13.4. The van der Waals surface area contributed by atoms with Crippen molar-refractivity contribution in [2.24, 2.45) is 5.92 Å². The number of rotatable bonds is 5. The minimum absolute atomic E-state index is 0.119. The highest BCUT2D eigenvalue weighted by Gasteiger charge is 2.29. The summed E-state index contributed by atoms with van der Waals surface area (Å²) in [5, 5.41) is 0.803. The largest absolute Gasteiger partial charge is 0.283 e. The van der Waals surface area contributed by atoms with E-state index in [9.17, 15) is 4.79 Å². The van der Waals surface area contributed by atoms with E-state index in [0.717, 1.165) is 53.0 Å². The van der Waals surface area contributed by atoms with Crippen molar-refractivity contribution in [3.63, 3.8) is 0 Å². The topological polar surface area (TPSA) is 46.1 Å². The van der Waals surface area contributed by atoms with E-state index in [1.54, 1.807) is 17.5 Å². The van der Waals surface area contributed by atoms with E-state index < -0.39 is 0 Å². The number of fused-ring (bicyclic) bond motifs is 1. The van der Waals surface area contributed by atoms with E-state index in [4.69, 9.17) is 4.98 Å². The lowest BCUT2D eigenvalue weighted by molar-refractivity contribution is -0.123. The summed E-state index contributed by atoms with van der Waals surface area (Å²) in [6, 6.07) is 10.3. The summed E-state index contributed by atoms with van der Waals surface area (Å²) in [5.74, 6) is 0.335. The van der Waals surface area contributed by atoms with Gasteiger partial charge in [-0.25, -0.2) is 4.98 Å². The molecular weight excluding hydrogens is 354 g/mol. The van der Waals surface area contributed by atoms with Gasteiger partial charge in [-0.3, -0.25) is 14.7 Å². The van der Waals surface area contributed by atoms with E-state index in [1.807, 2.05) is 23.2 Å². The highest BCUT2D eigenvalue weighted by Crippen LogP contribution is 2.34. The summed E-state index contributed by atoms with van der Waals surface area (Å²) in [4.78, 5) is 24.3. The van der Waals surface area contributed by atoms with Crippen LogP contribution < -0.4 is 4.90 Å². The Balaban J connectivity index is 1.69. The van der Waals surface area contributed by atoms with Gasteiger partial charge in [0.25, 0.3) is 0 Å². The zero-order valence-electron chi connectivity index (χ0n) is 15.7. The molecule has 5 heteroatoms. The van der Waals surface area contributed by atoms with Crippen LogP contribution in [0.4, 0.5) is 5.13 Å². The van der Waals surface area contributed by atoms with Crippen LogP contribution >= 0.6 is 11.3 Å². The molecule has 0 saturated heterocycles. The Morgan fingerprint density at radius 3 is 2.78 bits per heavy atom. The zero-order valence-corrected chi connectivity index (χ0v) is 16.5. The van der Waals surface area contributed by atoms with Gasteiger partial charge in [-0.1, -0.05) is 49.7 Å². The van der Waals surface area contributed by atoms with Crippen molar-refractivity contribution in [2.75, 3.05) is 4.90 Å². The Labute approximate surface area is 164 Å². The third-order valence-electron chi connectivity index (χ3n) is 5.36. The third-order valence-corrected chi connectivity index (χ3v) is 6.41. The first-order chi connectivity index (χ1) is 13.2. The van der Waals surface area contributed by atoms with Crippen LogP contribution in [0.2, 0.25) is 0 Å². The molecule has 3 aromatic rings. The molecule has 0 spiro atoms. The highest BCUT2D eigenvalue weighted by atomic mass is 32.1. The number of benzene rings is 1. The molecule has 4 rings (SSSR count). The van der Waals surface area contributed by atoms with Crippen LogP contribution in [0.25, 0.3) is 10.2 Å². The lowest BCUT2D eigenvalue weighted by Gasteiger charge is -2.27. The van der Waals surface area contributed by atoms with Crippen molar-refractivity contribution in [3.8, 4) is 0 Å². The first-order valence-corrected chi connectivity index (χ1v) is 10.7. The molecule has 27 heavy (non-hydrogen) atoms. The van der Waals surface area contributed by atoms with Crippen LogP contribution in [0.5, 0.6) is 0 Å². The maximum Gasteiger partial charge on any atom is 0.232 e. The van der Waals surface area contributed by atoms with Gasteiger partial charge in [0, 0.05) is 18.3 Å². The summed E-state index contributed by atoms with van der Waals surface area (Å²) in [5.41, 5.74) is 3.31. The average Bonchev–Trinajstić information content (AvgIpc) is 3.15. The number of aryl methyl sites for hydroxylation is 1. The van der Waals surface area contributed by atoms with Gasteiger partial charge in [0.05, 0.1) is 16.8 Å². The molecule has 0 atom stereocenters. The van der Waals surface area contributed by atoms with Gasteiger partial charge in [0.1, 0.15) is 0 Å². The molecular formula is C22H25N3OS. The second-order valence-electron chi connectivity index (χ2n) is 7.27. The number of anilines is 1. The number of hydrogen-bond acceptors (Lipinski definition) is 4. The Morgan fingerprint density at radius 1 is 1.19 bits per heavy atom. The number of pyridine rings is 1. The molecule has 1 amide bonds. The molecule has 1 aliphatic rings. The molecule has 1 saturated carbocycles. The molecule has 0 unspecified atom stereocenters. The number of aromatic nitrogens is 2. The second-order valence-corrected chi connectivity index (χ2v) is 8.28. The number of nitrogens with zero attached hydrogens (tertiary/aromatic N) is 3. The Kier molecular flexibility index (Phi) is 5.48. The fourth-order valence-corrected chi connectivity index (χ4v) is 4.81. The molecule has 2 aromatic heterocycles. The molecule has 0 aliphatic heterocycles. The molecule has 0 N–H and O–H groups in total. The van der Waals surface area contributed by atoms with Crippen molar-refractivity contribution in [1.29, 1.82) is 0 Å². The minimum atomic E-state index is 0.119. The van der Waals surface area contributed by atoms with E-state index in [0.29, 0.717) is 6.54 Å². The molecule has 4 nitrogen and oxygen atoms in total. The second kappa shape index (κ2) is 8.17. The highest BCUT2D eigenvalue weighted by molar-refractivity contribution is 7.22. The van der Waals surface area contributed by atoms with Gasteiger partial charge < -0.3 is 0 Å². The number of hydrogen-bond donors (Lipinski definition) is 0. The van der Waals surface area contributed by atoms with Gasteiger partial charge in [0.15, 0.2) is 5.13 Å². The quantitative estimate of drug-likeness (QED) is 0.599. The smallest absolute Gasteiger partial charge is 0.232 e. The monoisotopic (exact) mass is 379 g/mol. The summed E-state index contributed by atoms with van der Waals surface area (Å²) in [6.45, 7) is 2.69. The first-order valence-electron chi connectivity index (χ1n) is 9.84. The molecule has 0 bridgehead atoms. The minimum Gasteiger partial charge on any atom is -0.283 e.